The second kappa shape index (κ2) is 12.1. The molecule has 2 aliphatic rings. The van der Waals surface area contributed by atoms with Gasteiger partial charge in [-0.2, -0.15) is 9.78 Å². The number of anilines is 2. The molecule has 44 heavy (non-hydrogen) atoms. The molecule has 12 nitrogen and oxygen atoms in total. The van der Waals surface area contributed by atoms with Crippen molar-refractivity contribution < 1.29 is 32.1 Å². The highest BCUT2D eigenvalue weighted by Gasteiger charge is 2.29. The average Bonchev–Trinajstić information content (AvgIpc) is 3.73. The van der Waals surface area contributed by atoms with E-state index in [-0.39, 0.29) is 52.0 Å². The van der Waals surface area contributed by atoms with Gasteiger partial charge in [0.15, 0.2) is 23.1 Å². The normalized spacial score (nSPS) is 22.3. The van der Waals surface area contributed by atoms with Gasteiger partial charge in [0.2, 0.25) is 17.0 Å². The molecule has 2 aromatic carbocycles. The number of aldehydes is 1. The third-order valence-electron chi connectivity index (χ3n) is 7.46. The van der Waals surface area contributed by atoms with Crippen LogP contribution in [0.4, 0.5) is 20.2 Å². The van der Waals surface area contributed by atoms with Gasteiger partial charge in [-0.25, -0.2) is 13.8 Å². The molecule has 0 amide bonds. The van der Waals surface area contributed by atoms with E-state index in [1.807, 2.05) is 32.6 Å². The van der Waals surface area contributed by atoms with Crippen molar-refractivity contribution in [1.29, 1.82) is 0 Å². The smallest absolute Gasteiger partial charge is 0.206 e. The van der Waals surface area contributed by atoms with Crippen LogP contribution >= 0.6 is 11.6 Å². The molecule has 7 rings (SSSR count). The minimum atomic E-state index is -0.615. The van der Waals surface area contributed by atoms with Crippen molar-refractivity contribution in [2.45, 2.75) is 52.1 Å². The van der Waals surface area contributed by atoms with Crippen LogP contribution in [0.1, 0.15) is 38.1 Å². The molecule has 3 aromatic heterocycles. The van der Waals surface area contributed by atoms with Gasteiger partial charge in [-0.05, 0) is 45.9 Å². The van der Waals surface area contributed by atoms with E-state index in [0.717, 1.165) is 0 Å². The van der Waals surface area contributed by atoms with Gasteiger partial charge in [0.25, 0.3) is 0 Å². The van der Waals surface area contributed by atoms with Gasteiger partial charge in [0.1, 0.15) is 12.7 Å². The molecule has 5 heterocycles. The fourth-order valence-corrected chi connectivity index (χ4v) is 6.02. The Labute approximate surface area is 255 Å². The van der Waals surface area contributed by atoms with E-state index in [0.29, 0.717) is 54.7 Å². The summed E-state index contributed by atoms with van der Waals surface area (Å²) in [6.45, 7) is 10.0. The minimum absolute atomic E-state index is 0.0348. The summed E-state index contributed by atoms with van der Waals surface area (Å²) in [7, 11) is 0. The summed E-state index contributed by atoms with van der Waals surface area (Å²) in [4.78, 5) is 19.0. The highest BCUT2D eigenvalue weighted by molar-refractivity contribution is 6.34. The van der Waals surface area contributed by atoms with E-state index < -0.39 is 11.6 Å². The molecule has 0 radical (unpaired) electrons. The van der Waals surface area contributed by atoms with Crippen molar-refractivity contribution in [3.05, 3.63) is 53.2 Å². The predicted octanol–water partition coefficient (Wildman–Crippen LogP) is 5.21. The lowest BCUT2D eigenvalue weighted by Gasteiger charge is -2.37. The Morgan fingerprint density at radius 1 is 0.864 bits per heavy atom. The van der Waals surface area contributed by atoms with Crippen LogP contribution in [0.15, 0.2) is 39.9 Å². The number of morpholine rings is 2. The summed E-state index contributed by atoms with van der Waals surface area (Å²) in [6.07, 6.45) is 3.49. The first kappa shape index (κ1) is 29.9. The van der Waals surface area contributed by atoms with Gasteiger partial charge >= 0.3 is 0 Å². The van der Waals surface area contributed by atoms with Crippen LogP contribution in [-0.2, 0) is 9.47 Å². The van der Waals surface area contributed by atoms with Crippen molar-refractivity contribution in [3.63, 3.8) is 0 Å². The van der Waals surface area contributed by atoms with E-state index in [1.54, 1.807) is 17.0 Å². The zero-order chi connectivity index (χ0) is 31.1. The lowest BCUT2D eigenvalue weighted by Crippen LogP contribution is -2.46. The highest BCUT2D eigenvalue weighted by Crippen LogP contribution is 2.36. The third-order valence-corrected chi connectivity index (χ3v) is 7.74. The number of fused-ring (bicyclic) bond motifs is 2. The number of ether oxygens (including phenoxy) is 2. The number of aromatic nitrogens is 5. The quantitative estimate of drug-likeness (QED) is 0.243. The molecule has 15 heteroatoms. The summed E-state index contributed by atoms with van der Waals surface area (Å²) in [5, 5.41) is 12.4. The zero-order valence-corrected chi connectivity index (χ0v) is 25.2. The summed E-state index contributed by atoms with van der Waals surface area (Å²) in [5.41, 5.74) is 1.03. The molecule has 0 saturated carbocycles. The van der Waals surface area contributed by atoms with E-state index in [4.69, 9.17) is 30.1 Å². The average molecular weight is 630 g/mol. The molecule has 0 spiro atoms. The van der Waals surface area contributed by atoms with Crippen molar-refractivity contribution in [1.82, 2.24) is 25.1 Å². The van der Waals surface area contributed by atoms with Gasteiger partial charge in [0.05, 0.1) is 46.6 Å². The van der Waals surface area contributed by atoms with Crippen LogP contribution in [0.2, 0.25) is 5.15 Å². The zero-order valence-electron chi connectivity index (χ0n) is 24.4. The molecule has 2 aliphatic heterocycles. The number of benzene rings is 2. The first-order valence-corrected chi connectivity index (χ1v) is 14.5. The van der Waals surface area contributed by atoms with Crippen LogP contribution in [0.5, 0.6) is 0 Å². The molecule has 0 unspecified atom stereocenters. The minimum Gasteiger partial charge on any atom is -0.372 e. The molecule has 5 aromatic rings. The number of halogens is 3. The summed E-state index contributed by atoms with van der Waals surface area (Å²) >= 11 is 5.84. The molecule has 0 bridgehead atoms. The molecule has 0 aliphatic carbocycles. The first-order chi connectivity index (χ1) is 21.1. The van der Waals surface area contributed by atoms with Gasteiger partial charge in [-0.3, -0.25) is 4.79 Å². The van der Waals surface area contributed by atoms with Crippen molar-refractivity contribution in [2.75, 3.05) is 36.0 Å². The molecule has 2 fully saturated rings. The van der Waals surface area contributed by atoms with Crippen LogP contribution in [-0.4, -0.2) is 82.0 Å². The Balaban J connectivity index is 0.000000157. The molecule has 0 N–H and O–H groups in total. The number of carbonyl (C=O) groups excluding carboxylic acids is 1. The van der Waals surface area contributed by atoms with E-state index in [2.05, 4.69) is 20.4 Å². The second-order valence-corrected chi connectivity index (χ2v) is 11.4. The Kier molecular flexibility index (Phi) is 8.22. The van der Waals surface area contributed by atoms with Crippen molar-refractivity contribution >= 4 is 51.2 Å². The number of rotatable bonds is 4. The SMILES string of the molecule is C[C@@H]1CN(c2c(C=O)cc3c(Cl)noc3c2F)C[C@H](C)O1.C[C@@H]1CN(c2ccc3c(-n4cncn4)noc3c2F)C[C@H](C)O1. The van der Waals surface area contributed by atoms with Crippen LogP contribution in [0, 0.1) is 11.6 Å². The number of nitrogens with zero attached hydrogens (tertiary/aromatic N) is 7. The topological polar surface area (TPSA) is 125 Å². The second-order valence-electron chi connectivity index (χ2n) is 11.0. The van der Waals surface area contributed by atoms with Gasteiger partial charge in [-0.1, -0.05) is 21.9 Å². The Bertz CT molecular complexity index is 1780. The Morgan fingerprint density at radius 3 is 2.09 bits per heavy atom. The standard InChI is InChI=1S/C15H16FN5O2.C14H14ClFN2O3/c1-9-5-20(6-10(2)22-9)12-4-3-11-14(13(12)16)23-19-15(11)21-8-17-7-18-21;1-7-4-18(5-8(2)20-7)12-9(6-19)3-10-13(11(12)16)21-17-14(10)15/h3-4,7-10H,5-6H2,1-2H3;3,6-8H,4-5H2,1-2H3/t9-,10+;7-,8+. The van der Waals surface area contributed by atoms with Gasteiger partial charge in [-0.15, -0.1) is 0 Å². The monoisotopic (exact) mass is 629 g/mol. The fraction of sp³-hybridized carbons (Fsp3) is 0.414. The van der Waals surface area contributed by atoms with E-state index in [1.165, 1.54) is 23.4 Å². The Morgan fingerprint density at radius 2 is 1.48 bits per heavy atom. The molecule has 4 atom stereocenters. The first-order valence-electron chi connectivity index (χ1n) is 14.1. The lowest BCUT2D eigenvalue weighted by atomic mass is 10.1. The van der Waals surface area contributed by atoms with Crippen LogP contribution in [0.25, 0.3) is 27.8 Å². The van der Waals surface area contributed by atoms with Crippen molar-refractivity contribution in [3.8, 4) is 5.82 Å². The maximum Gasteiger partial charge on any atom is 0.206 e. The molecule has 2 saturated heterocycles. The van der Waals surface area contributed by atoms with E-state index in [9.17, 15) is 13.6 Å². The number of hydrogen-bond donors (Lipinski definition) is 0. The van der Waals surface area contributed by atoms with E-state index >= 15 is 0 Å². The largest absolute Gasteiger partial charge is 0.372 e. The Hall–Kier alpha value is -4.14. The van der Waals surface area contributed by atoms with Gasteiger partial charge < -0.3 is 28.3 Å². The van der Waals surface area contributed by atoms with Crippen LogP contribution < -0.4 is 9.80 Å². The molecule has 232 valence electrons. The maximum absolute atomic E-state index is 14.9. The summed E-state index contributed by atoms with van der Waals surface area (Å²) in [5.74, 6) is -0.607. The fourth-order valence-electron chi connectivity index (χ4n) is 5.84. The molecular formula is C29H30ClF2N7O5. The van der Waals surface area contributed by atoms with Crippen LogP contribution in [0.3, 0.4) is 0 Å². The number of carbonyl (C=O) groups is 1. The third kappa shape index (κ3) is 5.60. The molecular weight excluding hydrogens is 600 g/mol. The summed E-state index contributed by atoms with van der Waals surface area (Å²) in [6, 6.07) is 5.05. The van der Waals surface area contributed by atoms with Crippen molar-refractivity contribution in [2.24, 2.45) is 0 Å². The summed E-state index contributed by atoms with van der Waals surface area (Å²) < 4.78 is 52.6. The lowest BCUT2D eigenvalue weighted by molar-refractivity contribution is -0.00568. The highest BCUT2D eigenvalue weighted by atomic mass is 35.5. The van der Waals surface area contributed by atoms with Gasteiger partial charge in [0, 0.05) is 31.7 Å². The predicted molar refractivity (Wildman–Crippen MR) is 158 cm³/mol. The number of hydrogen-bond acceptors (Lipinski definition) is 11. The maximum atomic E-state index is 14.9.